The molecule has 0 unspecified atom stereocenters. The summed E-state index contributed by atoms with van der Waals surface area (Å²) in [6.07, 6.45) is 8.36. The third-order valence-electron chi connectivity index (χ3n) is 6.78. The number of nitrogens with one attached hydrogen (secondary N) is 1. The second-order valence-electron chi connectivity index (χ2n) is 9.04. The Morgan fingerprint density at radius 3 is 2.61 bits per heavy atom. The van der Waals surface area contributed by atoms with Crippen LogP contribution in [0.25, 0.3) is 11.0 Å². The van der Waals surface area contributed by atoms with Gasteiger partial charge in [-0.3, -0.25) is 4.68 Å². The molecule has 2 aliphatic rings. The molecule has 31 heavy (non-hydrogen) atoms. The summed E-state index contributed by atoms with van der Waals surface area (Å²) in [6.45, 7) is 7.44. The summed E-state index contributed by atoms with van der Waals surface area (Å²) in [5, 5.41) is 8.95. The van der Waals surface area contributed by atoms with E-state index >= 15 is 0 Å². The SMILES string of the molecule is Cc1cccc(CNc2nc(N3CCC(N4CCCCC4)CC3)nc3c2cnn3C)c1. The largest absolute Gasteiger partial charge is 0.365 e. The van der Waals surface area contributed by atoms with Crippen molar-refractivity contribution in [2.45, 2.75) is 51.6 Å². The minimum absolute atomic E-state index is 0.718. The summed E-state index contributed by atoms with van der Waals surface area (Å²) < 4.78 is 1.85. The maximum absolute atomic E-state index is 4.95. The lowest BCUT2D eigenvalue weighted by atomic mass is 10.0. The summed E-state index contributed by atoms with van der Waals surface area (Å²) in [6, 6.07) is 9.30. The lowest BCUT2D eigenvalue weighted by Crippen LogP contribution is -2.47. The quantitative estimate of drug-likeness (QED) is 0.680. The van der Waals surface area contributed by atoms with Crippen LogP contribution < -0.4 is 10.2 Å². The van der Waals surface area contributed by atoms with Crippen LogP contribution >= 0.6 is 0 Å². The van der Waals surface area contributed by atoms with E-state index in [2.05, 4.69) is 51.4 Å². The first-order chi connectivity index (χ1) is 15.2. The van der Waals surface area contributed by atoms with Crippen LogP contribution in [-0.4, -0.2) is 56.9 Å². The molecule has 0 amide bonds. The molecule has 0 aliphatic carbocycles. The van der Waals surface area contributed by atoms with Crippen molar-refractivity contribution in [3.05, 3.63) is 41.6 Å². The summed E-state index contributed by atoms with van der Waals surface area (Å²) in [5.74, 6) is 1.69. The van der Waals surface area contributed by atoms with E-state index in [-0.39, 0.29) is 0 Å². The van der Waals surface area contributed by atoms with Gasteiger partial charge in [0.15, 0.2) is 5.65 Å². The Bertz CT molecular complexity index is 1030. The number of hydrogen-bond acceptors (Lipinski definition) is 6. The number of piperidine rings is 2. The maximum atomic E-state index is 4.95. The lowest BCUT2D eigenvalue weighted by molar-refractivity contribution is 0.141. The Morgan fingerprint density at radius 2 is 1.84 bits per heavy atom. The molecule has 0 bridgehead atoms. The van der Waals surface area contributed by atoms with Crippen molar-refractivity contribution in [3.63, 3.8) is 0 Å². The summed E-state index contributed by atoms with van der Waals surface area (Å²) in [7, 11) is 1.95. The van der Waals surface area contributed by atoms with Crippen molar-refractivity contribution in [3.8, 4) is 0 Å². The van der Waals surface area contributed by atoms with Crippen LogP contribution in [0.3, 0.4) is 0 Å². The van der Waals surface area contributed by atoms with Gasteiger partial charge in [0.05, 0.1) is 11.6 Å². The fourth-order valence-corrected chi connectivity index (χ4v) is 5.01. The predicted molar refractivity (Wildman–Crippen MR) is 125 cm³/mol. The number of fused-ring (bicyclic) bond motifs is 1. The number of likely N-dealkylation sites (tertiary alicyclic amines) is 1. The molecule has 1 aromatic carbocycles. The highest BCUT2D eigenvalue weighted by Crippen LogP contribution is 2.27. The van der Waals surface area contributed by atoms with Crippen LogP contribution in [0.15, 0.2) is 30.5 Å². The van der Waals surface area contributed by atoms with Gasteiger partial charge in [-0.2, -0.15) is 15.1 Å². The average molecular weight is 420 g/mol. The molecule has 0 radical (unpaired) electrons. The molecule has 2 saturated heterocycles. The van der Waals surface area contributed by atoms with Crippen molar-refractivity contribution in [1.82, 2.24) is 24.6 Å². The van der Waals surface area contributed by atoms with Gasteiger partial charge in [0.2, 0.25) is 5.95 Å². The highest BCUT2D eigenvalue weighted by Gasteiger charge is 2.27. The molecule has 7 nitrogen and oxygen atoms in total. The molecular weight excluding hydrogens is 386 g/mol. The van der Waals surface area contributed by atoms with Gasteiger partial charge in [-0.15, -0.1) is 0 Å². The van der Waals surface area contributed by atoms with Crippen molar-refractivity contribution >= 4 is 22.8 Å². The average Bonchev–Trinajstić information content (AvgIpc) is 3.19. The van der Waals surface area contributed by atoms with Crippen molar-refractivity contribution in [2.75, 3.05) is 36.4 Å². The van der Waals surface area contributed by atoms with Crippen LogP contribution in [0, 0.1) is 6.92 Å². The minimum Gasteiger partial charge on any atom is -0.365 e. The van der Waals surface area contributed by atoms with Crippen molar-refractivity contribution < 1.29 is 0 Å². The van der Waals surface area contributed by atoms with Gasteiger partial charge in [0.25, 0.3) is 0 Å². The second-order valence-corrected chi connectivity index (χ2v) is 9.04. The normalized spacial score (nSPS) is 18.6. The van der Waals surface area contributed by atoms with E-state index in [1.165, 1.54) is 56.3 Å². The highest BCUT2D eigenvalue weighted by molar-refractivity contribution is 5.87. The molecule has 164 valence electrons. The molecule has 3 aromatic rings. The summed E-state index contributed by atoms with van der Waals surface area (Å²) in [5.41, 5.74) is 3.40. The first-order valence-electron chi connectivity index (χ1n) is 11.7. The van der Waals surface area contributed by atoms with Crippen LogP contribution in [0.1, 0.15) is 43.2 Å². The number of aryl methyl sites for hydroxylation is 2. The number of anilines is 2. The van der Waals surface area contributed by atoms with E-state index in [4.69, 9.17) is 9.97 Å². The Kier molecular flexibility index (Phi) is 5.76. The molecule has 7 heteroatoms. The Morgan fingerprint density at radius 1 is 1.03 bits per heavy atom. The van der Waals surface area contributed by atoms with Gasteiger partial charge in [0, 0.05) is 32.7 Å². The fourth-order valence-electron chi connectivity index (χ4n) is 5.01. The van der Waals surface area contributed by atoms with E-state index in [1.54, 1.807) is 0 Å². The summed E-state index contributed by atoms with van der Waals surface area (Å²) >= 11 is 0. The van der Waals surface area contributed by atoms with Gasteiger partial charge in [-0.05, 0) is 51.3 Å². The number of benzene rings is 1. The molecule has 5 rings (SSSR count). The zero-order valence-corrected chi connectivity index (χ0v) is 18.7. The molecule has 2 fully saturated rings. The van der Waals surface area contributed by atoms with Crippen molar-refractivity contribution in [1.29, 1.82) is 0 Å². The van der Waals surface area contributed by atoms with Gasteiger partial charge < -0.3 is 15.1 Å². The molecular formula is C24H33N7. The number of rotatable bonds is 5. The minimum atomic E-state index is 0.718. The Hall–Kier alpha value is -2.67. The van der Waals surface area contributed by atoms with Crippen LogP contribution in [-0.2, 0) is 13.6 Å². The van der Waals surface area contributed by atoms with E-state index in [0.717, 1.165) is 48.5 Å². The van der Waals surface area contributed by atoms with Crippen molar-refractivity contribution in [2.24, 2.45) is 7.05 Å². The maximum Gasteiger partial charge on any atom is 0.229 e. The summed E-state index contributed by atoms with van der Waals surface area (Å²) in [4.78, 5) is 14.9. The van der Waals surface area contributed by atoms with E-state index in [0.29, 0.717) is 0 Å². The Balaban J connectivity index is 1.34. The van der Waals surface area contributed by atoms with E-state index in [1.807, 2.05) is 17.9 Å². The van der Waals surface area contributed by atoms with Crippen LogP contribution in [0.5, 0.6) is 0 Å². The Labute approximate surface area is 184 Å². The first kappa shape index (κ1) is 20.2. The third kappa shape index (κ3) is 4.37. The highest BCUT2D eigenvalue weighted by atomic mass is 15.3. The van der Waals surface area contributed by atoms with Gasteiger partial charge in [-0.1, -0.05) is 36.2 Å². The monoisotopic (exact) mass is 419 g/mol. The van der Waals surface area contributed by atoms with Gasteiger partial charge >= 0.3 is 0 Å². The van der Waals surface area contributed by atoms with Crippen LogP contribution in [0.4, 0.5) is 11.8 Å². The molecule has 0 spiro atoms. The fraction of sp³-hybridized carbons (Fsp3) is 0.542. The number of nitrogens with zero attached hydrogens (tertiary/aromatic N) is 6. The second kappa shape index (κ2) is 8.83. The predicted octanol–water partition coefficient (Wildman–Crippen LogP) is 3.74. The van der Waals surface area contributed by atoms with Gasteiger partial charge in [-0.25, -0.2) is 0 Å². The smallest absolute Gasteiger partial charge is 0.229 e. The van der Waals surface area contributed by atoms with E-state index in [9.17, 15) is 0 Å². The van der Waals surface area contributed by atoms with E-state index < -0.39 is 0 Å². The number of aromatic nitrogens is 4. The molecule has 0 saturated carbocycles. The standard InChI is InChI=1S/C24H33N7/c1-18-7-6-8-19(15-18)16-25-22-21-17-26-29(2)23(21)28-24(27-22)31-13-9-20(10-14-31)30-11-4-3-5-12-30/h6-8,15,17,20H,3-5,9-14,16H2,1-2H3,(H,25,27,28). The number of hydrogen-bond donors (Lipinski definition) is 1. The first-order valence-corrected chi connectivity index (χ1v) is 11.7. The molecule has 0 atom stereocenters. The molecule has 2 aromatic heterocycles. The topological polar surface area (TPSA) is 62.1 Å². The van der Waals surface area contributed by atoms with Crippen LogP contribution in [0.2, 0.25) is 0 Å². The molecule has 2 aliphatic heterocycles. The van der Waals surface area contributed by atoms with Gasteiger partial charge in [0.1, 0.15) is 5.82 Å². The zero-order valence-electron chi connectivity index (χ0n) is 18.7. The molecule has 4 heterocycles. The third-order valence-corrected chi connectivity index (χ3v) is 6.78. The lowest BCUT2D eigenvalue weighted by Gasteiger charge is -2.40. The molecule has 1 N–H and O–H groups in total. The zero-order chi connectivity index (χ0) is 21.2.